The fraction of sp³-hybridized carbons (Fsp3) is 0.0870. The van der Waals surface area contributed by atoms with Gasteiger partial charge >= 0.3 is 0 Å². The van der Waals surface area contributed by atoms with Crippen LogP contribution in [-0.4, -0.2) is 43.1 Å². The lowest BCUT2D eigenvalue weighted by molar-refractivity contribution is -0.118. The second-order valence-electron chi connectivity index (χ2n) is 7.08. The average molecular weight is 497 g/mol. The molecule has 0 aliphatic carbocycles. The summed E-state index contributed by atoms with van der Waals surface area (Å²) in [6.45, 7) is -0.253. The molecule has 9 nitrogen and oxygen atoms in total. The van der Waals surface area contributed by atoms with Crippen LogP contribution in [-0.2, 0) is 14.8 Å². The molecule has 0 unspecified atom stereocenters. The minimum absolute atomic E-state index is 0.111. The van der Waals surface area contributed by atoms with E-state index in [1.165, 1.54) is 23.7 Å². The molecule has 2 heterocycles. The first kappa shape index (κ1) is 23.2. The Labute approximate surface area is 200 Å². The Kier molecular flexibility index (Phi) is 6.75. The fourth-order valence-corrected chi connectivity index (χ4v) is 5.33. The maximum atomic E-state index is 12.6. The van der Waals surface area contributed by atoms with E-state index in [4.69, 9.17) is 4.74 Å². The molecule has 2 aromatic heterocycles. The maximum Gasteiger partial charge on any atom is 0.273 e. The second-order valence-corrected chi connectivity index (χ2v) is 10.2. The number of hydrogen-bond donors (Lipinski definition) is 2. The molecule has 11 heteroatoms. The zero-order valence-electron chi connectivity index (χ0n) is 18.0. The molecule has 0 saturated heterocycles. The number of hydrogen-bond acceptors (Lipinski definition) is 8. The summed E-state index contributed by atoms with van der Waals surface area (Å²) in [4.78, 5) is 20.6. The van der Waals surface area contributed by atoms with Crippen molar-refractivity contribution in [3.8, 4) is 22.9 Å². The van der Waals surface area contributed by atoms with E-state index in [1.807, 2.05) is 0 Å². The molecule has 2 aromatic carbocycles. The minimum atomic E-state index is -3.62. The second kappa shape index (κ2) is 9.89. The normalized spacial score (nSPS) is 11.1. The number of nitrogens with one attached hydrogen (secondary N) is 1. The number of rotatable bonds is 8. The first-order valence-electron chi connectivity index (χ1n) is 9.99. The average Bonchev–Trinajstić information content (AvgIpc) is 3.39. The molecular weight excluding hydrogens is 476 g/mol. The number of ether oxygens (including phenoxy) is 1. The molecule has 0 bridgehead atoms. The number of thiophene rings is 1. The van der Waals surface area contributed by atoms with Crippen LogP contribution >= 0.6 is 11.3 Å². The van der Waals surface area contributed by atoms with Crippen molar-refractivity contribution in [2.24, 2.45) is 0 Å². The third kappa shape index (κ3) is 5.33. The number of aromatic nitrogens is 2. The minimum Gasteiger partial charge on any atom is -0.508 e. The molecule has 4 aromatic rings. The summed E-state index contributed by atoms with van der Waals surface area (Å²) in [5.74, 6) is 0.530. The lowest BCUT2D eigenvalue weighted by atomic mass is 10.2. The lowest BCUT2D eigenvalue weighted by Crippen LogP contribution is -2.25. The quantitative estimate of drug-likeness (QED) is 0.381. The molecule has 0 radical (unpaired) electrons. The van der Waals surface area contributed by atoms with Crippen molar-refractivity contribution in [2.45, 2.75) is 4.21 Å². The molecule has 34 heavy (non-hydrogen) atoms. The Morgan fingerprint density at radius 1 is 1.09 bits per heavy atom. The number of anilines is 2. The first-order chi connectivity index (χ1) is 16.3. The third-order valence-electron chi connectivity index (χ3n) is 4.72. The highest BCUT2D eigenvalue weighted by Crippen LogP contribution is 2.26. The number of amides is 1. The highest BCUT2D eigenvalue weighted by Gasteiger charge is 2.22. The molecule has 4 rings (SSSR count). The molecule has 0 saturated carbocycles. The van der Waals surface area contributed by atoms with E-state index in [1.54, 1.807) is 66.0 Å². The van der Waals surface area contributed by atoms with E-state index in [9.17, 15) is 18.3 Å². The molecule has 0 atom stereocenters. The predicted molar refractivity (Wildman–Crippen MR) is 130 cm³/mol. The van der Waals surface area contributed by atoms with Gasteiger partial charge in [0, 0.05) is 12.6 Å². The standard InChI is InChI=1S/C23H20N4O5S2/c1-27(34(30,31)22-6-3-11-33-22)18-7-9-20(10-8-18)32-15-21(29)26-17-13-24-23(25-14-17)16-4-2-5-19(28)12-16/h2-14,28H,15H2,1H3,(H,26,29). The SMILES string of the molecule is CN(c1ccc(OCC(=O)Nc2cnc(-c3cccc(O)c3)nc2)cc1)S(=O)(=O)c1cccs1. The van der Waals surface area contributed by atoms with Gasteiger partial charge in [-0.3, -0.25) is 9.10 Å². The Morgan fingerprint density at radius 3 is 2.47 bits per heavy atom. The number of phenolic OH excluding ortho intramolecular Hbond substituents is 1. The van der Waals surface area contributed by atoms with Crippen LogP contribution in [0.2, 0.25) is 0 Å². The van der Waals surface area contributed by atoms with Crippen LogP contribution in [0.5, 0.6) is 11.5 Å². The Morgan fingerprint density at radius 2 is 1.82 bits per heavy atom. The van der Waals surface area contributed by atoms with Gasteiger partial charge in [0.25, 0.3) is 15.9 Å². The van der Waals surface area contributed by atoms with Gasteiger partial charge in [0.15, 0.2) is 12.4 Å². The molecule has 2 N–H and O–H groups in total. The molecule has 174 valence electrons. The van der Waals surface area contributed by atoms with Gasteiger partial charge in [0.1, 0.15) is 15.7 Å². The lowest BCUT2D eigenvalue weighted by Gasteiger charge is -2.18. The van der Waals surface area contributed by atoms with Gasteiger partial charge in [-0.25, -0.2) is 18.4 Å². The number of nitrogens with zero attached hydrogens (tertiary/aromatic N) is 3. The molecule has 0 aliphatic rings. The zero-order valence-corrected chi connectivity index (χ0v) is 19.6. The summed E-state index contributed by atoms with van der Waals surface area (Å²) in [6.07, 6.45) is 2.92. The van der Waals surface area contributed by atoms with Gasteiger partial charge in [-0.2, -0.15) is 0 Å². The van der Waals surface area contributed by atoms with Crippen LogP contribution < -0.4 is 14.4 Å². The smallest absolute Gasteiger partial charge is 0.273 e. The monoisotopic (exact) mass is 496 g/mol. The van der Waals surface area contributed by atoms with Crippen LogP contribution in [0.3, 0.4) is 0 Å². The van der Waals surface area contributed by atoms with Gasteiger partial charge in [0.05, 0.1) is 23.8 Å². The highest BCUT2D eigenvalue weighted by molar-refractivity contribution is 7.94. The van der Waals surface area contributed by atoms with E-state index >= 15 is 0 Å². The zero-order chi connectivity index (χ0) is 24.1. The van der Waals surface area contributed by atoms with Gasteiger partial charge in [-0.15, -0.1) is 11.3 Å². The van der Waals surface area contributed by atoms with E-state index in [-0.39, 0.29) is 16.6 Å². The topological polar surface area (TPSA) is 122 Å². The Bertz CT molecular complexity index is 1370. The van der Waals surface area contributed by atoms with E-state index in [0.29, 0.717) is 28.5 Å². The van der Waals surface area contributed by atoms with Crippen molar-refractivity contribution >= 4 is 38.6 Å². The van der Waals surface area contributed by atoms with Gasteiger partial charge in [-0.05, 0) is 47.8 Å². The van der Waals surface area contributed by atoms with Crippen molar-refractivity contribution < 1.29 is 23.1 Å². The van der Waals surface area contributed by atoms with Crippen LogP contribution in [0.1, 0.15) is 0 Å². The number of carbonyl (C=O) groups is 1. The summed E-state index contributed by atoms with van der Waals surface area (Å²) < 4.78 is 32.2. The van der Waals surface area contributed by atoms with Crippen LogP contribution in [0.15, 0.2) is 82.6 Å². The molecule has 1 amide bonds. The van der Waals surface area contributed by atoms with Gasteiger partial charge in [0.2, 0.25) is 0 Å². The highest BCUT2D eigenvalue weighted by atomic mass is 32.2. The molecule has 0 spiro atoms. The summed E-state index contributed by atoms with van der Waals surface area (Å²) in [5, 5.41) is 13.9. The maximum absolute atomic E-state index is 12.6. The number of carbonyl (C=O) groups excluding carboxylic acids is 1. The van der Waals surface area contributed by atoms with Gasteiger partial charge < -0.3 is 15.2 Å². The molecular formula is C23H20N4O5S2. The van der Waals surface area contributed by atoms with Crippen molar-refractivity contribution in [3.63, 3.8) is 0 Å². The van der Waals surface area contributed by atoms with Crippen molar-refractivity contribution in [2.75, 3.05) is 23.3 Å². The number of sulfonamides is 1. The Hall–Kier alpha value is -3.96. The van der Waals surface area contributed by atoms with Gasteiger partial charge in [-0.1, -0.05) is 18.2 Å². The van der Waals surface area contributed by atoms with Crippen LogP contribution in [0.4, 0.5) is 11.4 Å². The van der Waals surface area contributed by atoms with Crippen molar-refractivity contribution in [1.29, 1.82) is 0 Å². The molecule has 0 aliphatic heterocycles. The van der Waals surface area contributed by atoms with E-state index in [0.717, 1.165) is 11.3 Å². The summed E-state index contributed by atoms with van der Waals surface area (Å²) in [6, 6.07) is 16.2. The van der Waals surface area contributed by atoms with E-state index < -0.39 is 15.9 Å². The first-order valence-corrected chi connectivity index (χ1v) is 12.3. The van der Waals surface area contributed by atoms with E-state index in [2.05, 4.69) is 15.3 Å². The summed E-state index contributed by atoms with van der Waals surface area (Å²) in [5.41, 5.74) is 1.51. The Balaban J connectivity index is 1.32. The summed E-state index contributed by atoms with van der Waals surface area (Å²) in [7, 11) is -2.14. The number of benzene rings is 2. The van der Waals surface area contributed by atoms with Crippen LogP contribution in [0.25, 0.3) is 11.4 Å². The van der Waals surface area contributed by atoms with Crippen molar-refractivity contribution in [1.82, 2.24) is 9.97 Å². The van der Waals surface area contributed by atoms with Crippen LogP contribution in [0, 0.1) is 0 Å². The number of phenols is 1. The predicted octanol–water partition coefficient (Wildman–Crippen LogP) is 3.75. The number of aromatic hydroxyl groups is 1. The largest absolute Gasteiger partial charge is 0.508 e. The van der Waals surface area contributed by atoms with Crippen molar-refractivity contribution in [3.05, 3.63) is 78.4 Å². The molecule has 0 fully saturated rings. The third-order valence-corrected chi connectivity index (χ3v) is 7.88. The fourth-order valence-electron chi connectivity index (χ4n) is 2.97. The summed E-state index contributed by atoms with van der Waals surface area (Å²) >= 11 is 1.15.